The first-order chi connectivity index (χ1) is 6.77. The van der Waals surface area contributed by atoms with E-state index in [1.165, 1.54) is 11.3 Å². The molecule has 0 saturated carbocycles. The van der Waals surface area contributed by atoms with Gasteiger partial charge in [-0.15, -0.1) is 11.3 Å². The molecule has 0 aliphatic rings. The maximum atomic E-state index is 11.7. The zero-order chi connectivity index (χ0) is 9.97. The van der Waals surface area contributed by atoms with Crippen LogP contribution >= 0.6 is 11.3 Å². The van der Waals surface area contributed by atoms with E-state index in [1.807, 2.05) is 24.4 Å². The Hall–Kier alpha value is -1.35. The van der Waals surface area contributed by atoms with E-state index in [1.54, 1.807) is 12.3 Å². The fraction of sp³-hybridized carbons (Fsp3) is 0.182. The standard InChI is InChI=1S/C11H10O2S/c1-8-4-6-14-11(8)10(12)7-9-3-2-5-13-9/h2-6H,7H2,1H3. The van der Waals surface area contributed by atoms with Crippen LogP contribution in [0.2, 0.25) is 0 Å². The van der Waals surface area contributed by atoms with Gasteiger partial charge in [-0.05, 0) is 36.1 Å². The van der Waals surface area contributed by atoms with Crippen molar-refractivity contribution in [3.8, 4) is 0 Å². The number of thiophene rings is 1. The number of hydrogen-bond acceptors (Lipinski definition) is 3. The van der Waals surface area contributed by atoms with E-state index in [-0.39, 0.29) is 5.78 Å². The van der Waals surface area contributed by atoms with Crippen LogP contribution in [-0.4, -0.2) is 5.78 Å². The average Bonchev–Trinajstić information content (AvgIpc) is 2.75. The van der Waals surface area contributed by atoms with Gasteiger partial charge in [-0.1, -0.05) is 0 Å². The van der Waals surface area contributed by atoms with Gasteiger partial charge >= 0.3 is 0 Å². The number of ketones is 1. The molecule has 0 bridgehead atoms. The molecular weight excluding hydrogens is 196 g/mol. The number of hydrogen-bond donors (Lipinski definition) is 0. The Kier molecular flexibility index (Phi) is 2.50. The molecule has 2 rings (SSSR count). The Balaban J connectivity index is 2.14. The first-order valence-electron chi connectivity index (χ1n) is 4.37. The molecule has 14 heavy (non-hydrogen) atoms. The van der Waals surface area contributed by atoms with Crippen LogP contribution in [-0.2, 0) is 6.42 Å². The summed E-state index contributed by atoms with van der Waals surface area (Å²) in [6.45, 7) is 1.95. The zero-order valence-corrected chi connectivity index (χ0v) is 8.64. The molecule has 0 fully saturated rings. The average molecular weight is 206 g/mol. The molecule has 0 N–H and O–H groups in total. The van der Waals surface area contributed by atoms with Crippen LogP contribution in [0.1, 0.15) is 21.0 Å². The molecular formula is C11H10O2S. The van der Waals surface area contributed by atoms with Crippen molar-refractivity contribution >= 4 is 17.1 Å². The Labute approximate surface area is 86.2 Å². The molecule has 3 heteroatoms. The van der Waals surface area contributed by atoms with Crippen molar-refractivity contribution in [2.45, 2.75) is 13.3 Å². The largest absolute Gasteiger partial charge is 0.469 e. The van der Waals surface area contributed by atoms with Crippen molar-refractivity contribution < 1.29 is 9.21 Å². The van der Waals surface area contributed by atoms with Crippen molar-refractivity contribution in [3.05, 3.63) is 46.0 Å². The van der Waals surface area contributed by atoms with Gasteiger partial charge in [-0.3, -0.25) is 4.79 Å². The maximum absolute atomic E-state index is 11.7. The van der Waals surface area contributed by atoms with Gasteiger partial charge in [-0.2, -0.15) is 0 Å². The molecule has 72 valence electrons. The third-order valence-electron chi connectivity index (χ3n) is 2.03. The molecule has 2 aromatic rings. The summed E-state index contributed by atoms with van der Waals surface area (Å²) >= 11 is 1.49. The fourth-order valence-electron chi connectivity index (χ4n) is 1.31. The van der Waals surface area contributed by atoms with Crippen LogP contribution < -0.4 is 0 Å². The van der Waals surface area contributed by atoms with Gasteiger partial charge in [0.05, 0.1) is 17.6 Å². The molecule has 0 atom stereocenters. The first kappa shape index (κ1) is 9.21. The smallest absolute Gasteiger partial charge is 0.180 e. The summed E-state index contributed by atoms with van der Waals surface area (Å²) in [5, 5.41) is 1.94. The summed E-state index contributed by atoms with van der Waals surface area (Å²) < 4.78 is 5.13. The highest BCUT2D eigenvalue weighted by atomic mass is 32.1. The van der Waals surface area contributed by atoms with Crippen LogP contribution in [0.25, 0.3) is 0 Å². The minimum atomic E-state index is 0.132. The first-order valence-corrected chi connectivity index (χ1v) is 5.25. The Morgan fingerprint density at radius 2 is 2.36 bits per heavy atom. The molecule has 0 aliphatic heterocycles. The van der Waals surface area contributed by atoms with E-state index in [0.29, 0.717) is 6.42 Å². The third kappa shape index (κ3) is 1.77. The predicted octanol–water partition coefficient (Wildman–Crippen LogP) is 3.07. The van der Waals surface area contributed by atoms with Crippen molar-refractivity contribution in [2.75, 3.05) is 0 Å². The quantitative estimate of drug-likeness (QED) is 0.722. The molecule has 0 aliphatic carbocycles. The van der Waals surface area contributed by atoms with Crippen molar-refractivity contribution in [1.29, 1.82) is 0 Å². The normalized spacial score (nSPS) is 10.4. The molecule has 0 saturated heterocycles. The van der Waals surface area contributed by atoms with E-state index in [4.69, 9.17) is 4.42 Å². The van der Waals surface area contributed by atoms with Gasteiger partial charge in [0.15, 0.2) is 5.78 Å². The van der Waals surface area contributed by atoms with Crippen molar-refractivity contribution in [3.63, 3.8) is 0 Å². The molecule has 2 heterocycles. The van der Waals surface area contributed by atoms with E-state index in [2.05, 4.69) is 0 Å². The second-order valence-electron chi connectivity index (χ2n) is 3.11. The SMILES string of the molecule is Cc1ccsc1C(=O)Cc1ccco1. The lowest BCUT2D eigenvalue weighted by molar-refractivity contribution is 0.0990. The van der Waals surface area contributed by atoms with Gasteiger partial charge in [0.2, 0.25) is 0 Å². The third-order valence-corrected chi connectivity index (χ3v) is 3.09. The predicted molar refractivity (Wildman–Crippen MR) is 55.8 cm³/mol. The van der Waals surface area contributed by atoms with Crippen LogP contribution in [0.5, 0.6) is 0 Å². The highest BCUT2D eigenvalue weighted by Crippen LogP contribution is 2.18. The van der Waals surface area contributed by atoms with Crippen molar-refractivity contribution in [2.24, 2.45) is 0 Å². The number of carbonyl (C=O) groups excluding carboxylic acids is 1. The highest BCUT2D eigenvalue weighted by Gasteiger charge is 2.12. The van der Waals surface area contributed by atoms with E-state index >= 15 is 0 Å². The topological polar surface area (TPSA) is 30.2 Å². The van der Waals surface area contributed by atoms with Crippen LogP contribution in [0.15, 0.2) is 34.3 Å². The summed E-state index contributed by atoms with van der Waals surface area (Å²) in [6.07, 6.45) is 1.94. The van der Waals surface area contributed by atoms with E-state index < -0.39 is 0 Å². The minimum Gasteiger partial charge on any atom is -0.469 e. The summed E-state index contributed by atoms with van der Waals surface area (Å²) in [4.78, 5) is 12.6. The molecule has 2 aromatic heterocycles. The van der Waals surface area contributed by atoms with Gasteiger partial charge in [0.25, 0.3) is 0 Å². The minimum absolute atomic E-state index is 0.132. The molecule has 0 unspecified atom stereocenters. The number of carbonyl (C=O) groups is 1. The molecule has 0 radical (unpaired) electrons. The Morgan fingerprint density at radius 1 is 1.50 bits per heavy atom. The van der Waals surface area contributed by atoms with Crippen LogP contribution in [0.3, 0.4) is 0 Å². The number of Topliss-reactive ketones (excluding diaryl/α,β-unsaturated/α-hetero) is 1. The molecule has 0 aromatic carbocycles. The monoisotopic (exact) mass is 206 g/mol. The Morgan fingerprint density at radius 3 is 2.93 bits per heavy atom. The summed E-state index contributed by atoms with van der Waals surface area (Å²) in [7, 11) is 0. The van der Waals surface area contributed by atoms with Crippen LogP contribution in [0.4, 0.5) is 0 Å². The number of furan rings is 1. The zero-order valence-electron chi connectivity index (χ0n) is 7.82. The lowest BCUT2D eigenvalue weighted by Gasteiger charge is -1.96. The molecule has 0 spiro atoms. The van der Waals surface area contributed by atoms with Gasteiger partial charge in [-0.25, -0.2) is 0 Å². The molecule has 0 amide bonds. The summed E-state index contributed by atoms with van der Waals surface area (Å²) in [5.74, 6) is 0.857. The van der Waals surface area contributed by atoms with Gasteiger partial charge in [0, 0.05) is 0 Å². The number of aryl methyl sites for hydroxylation is 1. The molecule has 2 nitrogen and oxygen atoms in total. The summed E-state index contributed by atoms with van der Waals surface area (Å²) in [6, 6.07) is 5.57. The second kappa shape index (κ2) is 3.80. The fourth-order valence-corrected chi connectivity index (χ4v) is 2.18. The second-order valence-corrected chi connectivity index (χ2v) is 4.03. The Bertz CT molecular complexity index is 426. The van der Waals surface area contributed by atoms with Crippen molar-refractivity contribution in [1.82, 2.24) is 0 Å². The van der Waals surface area contributed by atoms with E-state index in [0.717, 1.165) is 16.2 Å². The number of rotatable bonds is 3. The summed E-state index contributed by atoms with van der Waals surface area (Å²) in [5.41, 5.74) is 1.05. The maximum Gasteiger partial charge on any atom is 0.180 e. The lowest BCUT2D eigenvalue weighted by Crippen LogP contribution is -2.01. The van der Waals surface area contributed by atoms with Gasteiger partial charge in [0.1, 0.15) is 5.76 Å². The highest BCUT2D eigenvalue weighted by molar-refractivity contribution is 7.12. The van der Waals surface area contributed by atoms with E-state index in [9.17, 15) is 4.79 Å². The lowest BCUT2D eigenvalue weighted by atomic mass is 10.1. The van der Waals surface area contributed by atoms with Crippen LogP contribution in [0, 0.1) is 6.92 Å². The van der Waals surface area contributed by atoms with Gasteiger partial charge < -0.3 is 4.42 Å².